The summed E-state index contributed by atoms with van der Waals surface area (Å²) in [5.41, 5.74) is -1.01. The van der Waals surface area contributed by atoms with Crippen LogP contribution in [0, 0.1) is 0 Å². The molecule has 4 nitrogen and oxygen atoms in total. The van der Waals surface area contributed by atoms with E-state index in [1.165, 1.54) is 11.4 Å². The van der Waals surface area contributed by atoms with E-state index in [0.717, 1.165) is 0 Å². The first kappa shape index (κ1) is 14.2. The highest BCUT2D eigenvalue weighted by Crippen LogP contribution is 2.08. The Kier molecular flexibility index (Phi) is 5.36. The van der Waals surface area contributed by atoms with Crippen molar-refractivity contribution in [2.75, 3.05) is 25.2 Å². The van der Waals surface area contributed by atoms with Gasteiger partial charge in [0.25, 0.3) is 0 Å². The number of aliphatic hydroxyl groups is 1. The third-order valence-electron chi connectivity index (χ3n) is 1.62. The minimum atomic E-state index is -3.27. The monoisotopic (exact) mass is 243 g/mol. The molecule has 0 bridgehead atoms. The molecule has 14 heavy (non-hydrogen) atoms. The zero-order valence-electron chi connectivity index (χ0n) is 8.83. The molecular formula is C8H18ClNO3S. The van der Waals surface area contributed by atoms with E-state index in [9.17, 15) is 13.5 Å². The molecular weight excluding hydrogens is 226 g/mol. The van der Waals surface area contributed by atoms with E-state index in [-0.39, 0.29) is 12.3 Å². The van der Waals surface area contributed by atoms with Gasteiger partial charge in [0.05, 0.1) is 11.4 Å². The molecule has 1 N–H and O–H groups in total. The summed E-state index contributed by atoms with van der Waals surface area (Å²) in [7, 11) is -1.81. The topological polar surface area (TPSA) is 57.6 Å². The lowest BCUT2D eigenvalue weighted by atomic mass is 10.1. The standard InChI is InChI=1S/C8H18ClNO3S/c1-8(2,11)7-10(3)14(12,13)6-4-5-9/h11H,4-7H2,1-3H3. The fraction of sp³-hybridized carbons (Fsp3) is 1.00. The Labute approximate surface area is 90.9 Å². The van der Waals surface area contributed by atoms with Crippen LogP contribution in [-0.4, -0.2) is 48.7 Å². The Balaban J connectivity index is 4.30. The lowest BCUT2D eigenvalue weighted by Gasteiger charge is -2.24. The van der Waals surface area contributed by atoms with Crippen LogP contribution in [0.15, 0.2) is 0 Å². The van der Waals surface area contributed by atoms with Gasteiger partial charge in [-0.15, -0.1) is 11.6 Å². The summed E-state index contributed by atoms with van der Waals surface area (Å²) in [6.45, 7) is 3.23. The van der Waals surface area contributed by atoms with Crippen molar-refractivity contribution in [3.05, 3.63) is 0 Å². The second kappa shape index (κ2) is 5.30. The third kappa shape index (κ3) is 5.80. The van der Waals surface area contributed by atoms with Crippen molar-refractivity contribution in [1.29, 1.82) is 0 Å². The second-order valence-corrected chi connectivity index (χ2v) is 6.50. The summed E-state index contributed by atoms with van der Waals surface area (Å²) < 4.78 is 24.2. The second-order valence-electron chi connectivity index (χ2n) is 3.93. The summed E-state index contributed by atoms with van der Waals surface area (Å²) in [6.07, 6.45) is 0.431. The Morgan fingerprint density at radius 3 is 2.29 bits per heavy atom. The van der Waals surface area contributed by atoms with Gasteiger partial charge in [0.2, 0.25) is 10.0 Å². The van der Waals surface area contributed by atoms with Crippen molar-refractivity contribution >= 4 is 21.6 Å². The van der Waals surface area contributed by atoms with Crippen LogP contribution in [0.3, 0.4) is 0 Å². The number of nitrogens with zero attached hydrogens (tertiary/aromatic N) is 1. The van der Waals surface area contributed by atoms with Crippen LogP contribution in [0.4, 0.5) is 0 Å². The zero-order chi connectivity index (χ0) is 11.4. The van der Waals surface area contributed by atoms with E-state index in [2.05, 4.69) is 0 Å². The van der Waals surface area contributed by atoms with Gasteiger partial charge in [-0.2, -0.15) is 0 Å². The molecule has 0 amide bonds. The van der Waals surface area contributed by atoms with Crippen LogP contribution in [-0.2, 0) is 10.0 Å². The molecule has 0 heterocycles. The molecule has 6 heteroatoms. The molecule has 0 aliphatic carbocycles. The van der Waals surface area contributed by atoms with Crippen LogP contribution in [0.2, 0.25) is 0 Å². The van der Waals surface area contributed by atoms with Gasteiger partial charge in [-0.1, -0.05) is 0 Å². The molecule has 0 radical (unpaired) electrons. The number of halogens is 1. The van der Waals surface area contributed by atoms with Gasteiger partial charge in [-0.05, 0) is 20.3 Å². The van der Waals surface area contributed by atoms with Gasteiger partial charge < -0.3 is 5.11 Å². The lowest BCUT2D eigenvalue weighted by molar-refractivity contribution is 0.0640. The maximum atomic E-state index is 11.5. The molecule has 0 saturated heterocycles. The number of alkyl halides is 1. The normalized spacial score (nSPS) is 13.6. The molecule has 0 aromatic carbocycles. The average molecular weight is 244 g/mol. The number of sulfonamides is 1. The van der Waals surface area contributed by atoms with Gasteiger partial charge in [0, 0.05) is 19.5 Å². The Bertz CT molecular complexity index is 258. The van der Waals surface area contributed by atoms with Gasteiger partial charge in [-0.3, -0.25) is 0 Å². The summed E-state index contributed by atoms with van der Waals surface area (Å²) >= 11 is 5.41. The summed E-state index contributed by atoms with van der Waals surface area (Å²) in [6, 6.07) is 0. The smallest absolute Gasteiger partial charge is 0.213 e. The predicted molar refractivity (Wildman–Crippen MR) is 58.1 cm³/mol. The van der Waals surface area contributed by atoms with Crippen molar-refractivity contribution in [3.8, 4) is 0 Å². The van der Waals surface area contributed by atoms with Gasteiger partial charge in [0.15, 0.2) is 0 Å². The number of likely N-dealkylation sites (N-methyl/N-ethyl adjacent to an activating group) is 1. The van der Waals surface area contributed by atoms with E-state index in [0.29, 0.717) is 12.3 Å². The molecule has 0 aliphatic rings. The zero-order valence-corrected chi connectivity index (χ0v) is 10.4. The van der Waals surface area contributed by atoms with Gasteiger partial charge in [-0.25, -0.2) is 12.7 Å². The SMILES string of the molecule is CN(CC(C)(C)O)S(=O)(=O)CCCCl. The van der Waals surface area contributed by atoms with E-state index in [1.54, 1.807) is 13.8 Å². The molecule has 0 aromatic rings. The van der Waals surface area contributed by atoms with Crippen molar-refractivity contribution in [2.24, 2.45) is 0 Å². The number of hydrogen-bond donors (Lipinski definition) is 1. The lowest BCUT2D eigenvalue weighted by Crippen LogP contribution is -2.40. The average Bonchev–Trinajstić information content (AvgIpc) is 1.97. The molecule has 0 saturated carbocycles. The van der Waals surface area contributed by atoms with E-state index < -0.39 is 15.6 Å². The van der Waals surface area contributed by atoms with Gasteiger partial charge >= 0.3 is 0 Å². The van der Waals surface area contributed by atoms with Gasteiger partial charge in [0.1, 0.15) is 0 Å². The molecule has 0 spiro atoms. The minimum Gasteiger partial charge on any atom is -0.389 e. The maximum Gasteiger partial charge on any atom is 0.213 e. The summed E-state index contributed by atoms with van der Waals surface area (Å²) in [5, 5.41) is 9.44. The van der Waals surface area contributed by atoms with Crippen LogP contribution in [0.25, 0.3) is 0 Å². The Hall–Kier alpha value is 0.160. The van der Waals surface area contributed by atoms with Crippen molar-refractivity contribution in [1.82, 2.24) is 4.31 Å². The summed E-state index contributed by atoms with van der Waals surface area (Å²) in [4.78, 5) is 0. The third-order valence-corrected chi connectivity index (χ3v) is 3.77. The molecule has 0 aromatic heterocycles. The minimum absolute atomic E-state index is 0.0308. The first-order valence-electron chi connectivity index (χ1n) is 4.41. The van der Waals surface area contributed by atoms with Crippen molar-refractivity contribution in [3.63, 3.8) is 0 Å². The van der Waals surface area contributed by atoms with Crippen molar-refractivity contribution < 1.29 is 13.5 Å². The van der Waals surface area contributed by atoms with Crippen LogP contribution in [0.1, 0.15) is 20.3 Å². The first-order chi connectivity index (χ1) is 6.19. The first-order valence-corrected chi connectivity index (χ1v) is 6.56. The fourth-order valence-corrected chi connectivity index (χ4v) is 2.66. The summed E-state index contributed by atoms with van der Waals surface area (Å²) in [5.74, 6) is 0.360. The number of rotatable bonds is 6. The Morgan fingerprint density at radius 1 is 1.43 bits per heavy atom. The molecule has 0 fully saturated rings. The molecule has 0 atom stereocenters. The molecule has 0 unspecified atom stereocenters. The molecule has 86 valence electrons. The largest absolute Gasteiger partial charge is 0.389 e. The maximum absolute atomic E-state index is 11.5. The van der Waals surface area contributed by atoms with E-state index in [4.69, 9.17) is 11.6 Å². The predicted octanol–water partition coefficient (Wildman–Crippen LogP) is 0.648. The Morgan fingerprint density at radius 2 is 1.93 bits per heavy atom. The quantitative estimate of drug-likeness (QED) is 0.697. The van der Waals surface area contributed by atoms with Crippen LogP contribution < -0.4 is 0 Å². The highest BCUT2D eigenvalue weighted by molar-refractivity contribution is 7.89. The molecule has 0 rings (SSSR count). The molecule has 0 aliphatic heterocycles. The highest BCUT2D eigenvalue weighted by Gasteiger charge is 2.23. The fourth-order valence-electron chi connectivity index (χ4n) is 1.04. The van der Waals surface area contributed by atoms with E-state index >= 15 is 0 Å². The van der Waals surface area contributed by atoms with Crippen LogP contribution in [0.5, 0.6) is 0 Å². The van der Waals surface area contributed by atoms with Crippen LogP contribution >= 0.6 is 11.6 Å². The number of hydrogen-bond acceptors (Lipinski definition) is 3. The van der Waals surface area contributed by atoms with E-state index in [1.807, 2.05) is 0 Å². The van der Waals surface area contributed by atoms with Crippen molar-refractivity contribution in [2.45, 2.75) is 25.9 Å². The highest BCUT2D eigenvalue weighted by atomic mass is 35.5.